The molecule has 3 unspecified atom stereocenters. The van der Waals surface area contributed by atoms with Crippen molar-refractivity contribution in [3.05, 3.63) is 61.2 Å². The van der Waals surface area contributed by atoms with E-state index in [9.17, 15) is 19.5 Å². The van der Waals surface area contributed by atoms with Crippen LogP contribution in [0, 0.1) is 11.8 Å². The lowest BCUT2D eigenvalue weighted by Gasteiger charge is -2.38. The topological polar surface area (TPSA) is 81.2 Å². The molecule has 1 N–H and O–H groups in total. The number of alkyl halides is 1. The van der Waals surface area contributed by atoms with Crippen LogP contribution in [0.15, 0.2) is 55.6 Å². The van der Waals surface area contributed by atoms with Crippen molar-refractivity contribution >= 4 is 45.4 Å². The van der Waals surface area contributed by atoms with Crippen LogP contribution in [0.25, 0.3) is 0 Å². The van der Waals surface area contributed by atoms with E-state index >= 15 is 0 Å². The maximum absolute atomic E-state index is 14.2. The van der Waals surface area contributed by atoms with Crippen molar-refractivity contribution in [2.45, 2.75) is 33.8 Å². The minimum atomic E-state index is -0.756. The third-order valence-corrected chi connectivity index (χ3v) is 10.5. The highest BCUT2D eigenvalue weighted by atomic mass is 79.9. The number of amides is 3. The molecule has 7 nitrogen and oxygen atoms in total. The molecule has 3 heterocycles. The second-order valence-corrected chi connectivity index (χ2v) is 12.1. The van der Waals surface area contributed by atoms with Crippen LogP contribution in [0.1, 0.15) is 12.0 Å². The molecule has 3 aliphatic rings. The van der Waals surface area contributed by atoms with Crippen molar-refractivity contribution in [1.82, 2.24) is 14.7 Å². The van der Waals surface area contributed by atoms with Crippen LogP contribution in [0.3, 0.4) is 0 Å². The van der Waals surface area contributed by atoms with E-state index in [2.05, 4.69) is 29.1 Å². The summed E-state index contributed by atoms with van der Waals surface area (Å²) in [4.78, 5) is 46.3. The summed E-state index contributed by atoms with van der Waals surface area (Å²) < 4.78 is -0.729. The zero-order chi connectivity index (χ0) is 25.3. The fourth-order valence-electron chi connectivity index (χ4n) is 5.94. The Labute approximate surface area is 219 Å². The number of rotatable bonds is 10. The molecular weight excluding hydrogens is 530 g/mol. The second-order valence-electron chi connectivity index (χ2n) is 9.42. The van der Waals surface area contributed by atoms with Crippen molar-refractivity contribution in [3.63, 3.8) is 0 Å². The van der Waals surface area contributed by atoms with Gasteiger partial charge < -0.3 is 19.8 Å². The molecule has 1 aromatic rings. The van der Waals surface area contributed by atoms with Crippen molar-refractivity contribution in [1.29, 1.82) is 0 Å². The van der Waals surface area contributed by atoms with Crippen LogP contribution in [0.4, 0.5) is 0 Å². The predicted octanol–water partition coefficient (Wildman–Crippen LogP) is 2.30. The Bertz CT molecular complexity index is 1010. The number of benzene rings is 1. The Balaban J connectivity index is 1.73. The first-order chi connectivity index (χ1) is 16.8. The monoisotopic (exact) mass is 561 g/mol. The Morgan fingerprint density at radius 2 is 1.91 bits per heavy atom. The van der Waals surface area contributed by atoms with Crippen LogP contribution in [-0.4, -0.2) is 91.7 Å². The van der Waals surface area contributed by atoms with Crippen LogP contribution >= 0.6 is 27.7 Å². The molecule has 3 fully saturated rings. The molecule has 1 spiro atoms. The van der Waals surface area contributed by atoms with E-state index in [-0.39, 0.29) is 41.0 Å². The molecule has 0 radical (unpaired) electrons. The number of aliphatic hydroxyl groups excluding tert-OH is 1. The highest BCUT2D eigenvalue weighted by Crippen LogP contribution is 2.68. The number of nitrogens with zero attached hydrogens (tertiary/aromatic N) is 3. The van der Waals surface area contributed by atoms with Crippen molar-refractivity contribution in [2.24, 2.45) is 11.8 Å². The number of fused-ring (bicyclic) bond motifs is 1. The van der Waals surface area contributed by atoms with E-state index in [1.807, 2.05) is 30.3 Å². The Morgan fingerprint density at radius 3 is 2.54 bits per heavy atom. The Kier molecular flexibility index (Phi) is 7.78. The SMILES string of the molecule is C=CCN(C)C(=O)[C@H]1[C@H]2C(=O)N(CCO)C(C(=O)N(CC=C)Cc3ccccc3)C23CC(Br)[C@@H]1S3. The Hall–Kier alpha value is -2.10. The number of β-amino-alcohol motifs (C(OH)–C–C–N with tert-alkyl or cyclic N) is 1. The first-order valence-electron chi connectivity index (χ1n) is 11.8. The van der Waals surface area contributed by atoms with Crippen molar-refractivity contribution < 1.29 is 19.5 Å². The maximum Gasteiger partial charge on any atom is 0.247 e. The van der Waals surface area contributed by atoms with E-state index in [1.54, 1.807) is 40.8 Å². The van der Waals surface area contributed by atoms with Gasteiger partial charge in [0.25, 0.3) is 0 Å². The van der Waals surface area contributed by atoms with E-state index in [0.29, 0.717) is 26.1 Å². The zero-order valence-corrected chi connectivity index (χ0v) is 22.3. The molecule has 0 aromatic heterocycles. The highest BCUT2D eigenvalue weighted by molar-refractivity contribution is 9.09. The molecule has 2 bridgehead atoms. The summed E-state index contributed by atoms with van der Waals surface area (Å²) in [6.45, 7) is 8.48. The number of halogens is 1. The standard InChI is InChI=1S/C26H32BrN3O4S/c1-4-11-28(3)23(32)19-20-24(33)30(13-14-31)22(26(20)15-18(27)21(19)35-26)25(34)29(12-5-2)16-17-9-7-6-8-10-17/h4-10,18-22,31H,1-2,11-16H2,3H3/t18?,19-,20-,21-,22?,26?/m0/s1. The molecule has 1 aromatic carbocycles. The number of carbonyl (C=O) groups excluding carboxylic acids is 3. The van der Waals surface area contributed by atoms with Gasteiger partial charge >= 0.3 is 0 Å². The summed E-state index contributed by atoms with van der Waals surface area (Å²) in [5, 5.41) is 9.70. The quantitative estimate of drug-likeness (QED) is 0.350. The largest absolute Gasteiger partial charge is 0.395 e. The van der Waals surface area contributed by atoms with Crippen LogP contribution < -0.4 is 0 Å². The van der Waals surface area contributed by atoms with Gasteiger partial charge in [-0.2, -0.15) is 0 Å². The number of carbonyl (C=O) groups is 3. The van der Waals surface area contributed by atoms with Gasteiger partial charge in [-0.05, 0) is 12.0 Å². The number of likely N-dealkylation sites (tertiary alicyclic amines) is 1. The fourth-order valence-corrected chi connectivity index (χ4v) is 9.54. The van der Waals surface area contributed by atoms with Gasteiger partial charge in [0.05, 0.1) is 23.2 Å². The van der Waals surface area contributed by atoms with E-state index in [4.69, 9.17) is 0 Å². The van der Waals surface area contributed by atoms with Gasteiger partial charge in [0.2, 0.25) is 17.7 Å². The summed E-state index contributed by atoms with van der Waals surface area (Å²) in [6.07, 6.45) is 3.96. The van der Waals surface area contributed by atoms with Gasteiger partial charge in [-0.1, -0.05) is 58.4 Å². The lowest BCUT2D eigenvalue weighted by atomic mass is 9.70. The normalized spacial score (nSPS) is 30.8. The third kappa shape index (κ3) is 4.36. The van der Waals surface area contributed by atoms with E-state index in [1.165, 1.54) is 4.90 Å². The number of thioether (sulfide) groups is 1. The molecule has 188 valence electrons. The first kappa shape index (κ1) is 26.0. The number of aliphatic hydroxyl groups is 1. The van der Waals surface area contributed by atoms with Gasteiger partial charge in [-0.25, -0.2) is 0 Å². The Morgan fingerprint density at radius 1 is 1.23 bits per heavy atom. The average Bonchev–Trinajstić information content (AvgIpc) is 3.43. The molecule has 9 heteroatoms. The molecule has 6 atom stereocenters. The molecule has 0 aliphatic carbocycles. The van der Waals surface area contributed by atoms with Crippen LogP contribution in [-0.2, 0) is 20.9 Å². The van der Waals surface area contributed by atoms with Gasteiger partial charge in [-0.15, -0.1) is 24.9 Å². The minimum Gasteiger partial charge on any atom is -0.395 e. The summed E-state index contributed by atoms with van der Waals surface area (Å²) >= 11 is 5.37. The minimum absolute atomic E-state index is 0.00832. The van der Waals surface area contributed by atoms with Gasteiger partial charge in [0.15, 0.2) is 0 Å². The van der Waals surface area contributed by atoms with Crippen molar-refractivity contribution in [2.75, 3.05) is 33.3 Å². The van der Waals surface area contributed by atoms with Crippen LogP contribution in [0.2, 0.25) is 0 Å². The fraction of sp³-hybridized carbons (Fsp3) is 0.500. The molecule has 35 heavy (non-hydrogen) atoms. The average molecular weight is 563 g/mol. The lowest BCUT2D eigenvalue weighted by molar-refractivity contribution is -0.144. The molecule has 3 amide bonds. The van der Waals surface area contributed by atoms with Crippen LogP contribution in [0.5, 0.6) is 0 Å². The molecule has 3 saturated heterocycles. The van der Waals surface area contributed by atoms with E-state index < -0.39 is 22.6 Å². The van der Waals surface area contributed by atoms with Crippen molar-refractivity contribution in [3.8, 4) is 0 Å². The number of hydrogen-bond acceptors (Lipinski definition) is 5. The molecular formula is C26H32BrN3O4S. The zero-order valence-electron chi connectivity index (χ0n) is 19.9. The molecule has 0 saturated carbocycles. The van der Waals surface area contributed by atoms with Gasteiger partial charge in [0, 0.05) is 43.3 Å². The third-order valence-electron chi connectivity index (χ3n) is 7.31. The summed E-state index contributed by atoms with van der Waals surface area (Å²) in [5.41, 5.74) is 0.982. The summed E-state index contributed by atoms with van der Waals surface area (Å²) in [6, 6.07) is 8.95. The van der Waals surface area contributed by atoms with E-state index in [0.717, 1.165) is 5.56 Å². The lowest BCUT2D eigenvalue weighted by Crippen LogP contribution is -2.55. The summed E-state index contributed by atoms with van der Waals surface area (Å²) in [5.74, 6) is -1.62. The first-order valence-corrected chi connectivity index (χ1v) is 13.6. The number of likely N-dealkylation sites (N-methyl/N-ethyl adjacent to an activating group) is 1. The smallest absolute Gasteiger partial charge is 0.247 e. The maximum atomic E-state index is 14.2. The molecule has 4 rings (SSSR count). The summed E-state index contributed by atoms with van der Waals surface area (Å²) in [7, 11) is 1.72. The van der Waals surface area contributed by atoms with Gasteiger partial charge in [0.1, 0.15) is 6.04 Å². The number of hydrogen-bond donors (Lipinski definition) is 1. The highest BCUT2D eigenvalue weighted by Gasteiger charge is 2.75. The molecule has 3 aliphatic heterocycles. The predicted molar refractivity (Wildman–Crippen MR) is 141 cm³/mol. The second kappa shape index (κ2) is 10.5. The van der Waals surface area contributed by atoms with Gasteiger partial charge in [-0.3, -0.25) is 14.4 Å².